The molecule has 1 aliphatic heterocycles. The molecule has 0 saturated carbocycles. The lowest BCUT2D eigenvalue weighted by Crippen LogP contribution is -2.29. The Bertz CT molecular complexity index is 1570. The first kappa shape index (κ1) is 25.3. The van der Waals surface area contributed by atoms with Crippen LogP contribution in [0.25, 0.3) is 5.76 Å². The highest BCUT2D eigenvalue weighted by Gasteiger charge is 2.48. The van der Waals surface area contributed by atoms with E-state index >= 15 is 0 Å². The number of aliphatic hydroxyl groups is 1. The largest absolute Gasteiger partial charge is 0.507 e. The van der Waals surface area contributed by atoms with Crippen LogP contribution in [-0.2, 0) is 15.3 Å². The van der Waals surface area contributed by atoms with Gasteiger partial charge in [0.25, 0.3) is 11.5 Å². The van der Waals surface area contributed by atoms with Gasteiger partial charge in [0.2, 0.25) is 5.13 Å². The van der Waals surface area contributed by atoms with Crippen LogP contribution in [0.3, 0.4) is 0 Å². The Labute approximate surface area is 225 Å². The van der Waals surface area contributed by atoms with Crippen molar-refractivity contribution in [2.75, 3.05) is 4.90 Å². The van der Waals surface area contributed by atoms with E-state index in [1.165, 1.54) is 30.0 Å². The number of aryl methyl sites for hydroxylation is 1. The number of thioether (sulfide) groups is 1. The zero-order valence-corrected chi connectivity index (χ0v) is 21.6. The topological polar surface area (TPSA) is 127 Å². The van der Waals surface area contributed by atoms with Crippen molar-refractivity contribution in [2.45, 2.75) is 23.1 Å². The van der Waals surface area contributed by atoms with Crippen LogP contribution >= 0.6 is 23.1 Å². The molecule has 1 amide bonds. The van der Waals surface area contributed by atoms with Crippen LogP contribution in [0.1, 0.15) is 28.3 Å². The van der Waals surface area contributed by atoms with E-state index in [-0.39, 0.29) is 22.2 Å². The van der Waals surface area contributed by atoms with Gasteiger partial charge in [-0.1, -0.05) is 95.4 Å². The third-order valence-corrected chi connectivity index (χ3v) is 8.10. The molecule has 2 heterocycles. The average Bonchev–Trinajstić information content (AvgIpc) is 3.50. The molecule has 1 fully saturated rings. The molecule has 0 aliphatic carbocycles. The zero-order chi connectivity index (χ0) is 26.8. The fourth-order valence-corrected chi connectivity index (χ4v) is 5.92. The summed E-state index contributed by atoms with van der Waals surface area (Å²) in [6.45, 7) is 1.88. The summed E-state index contributed by atoms with van der Waals surface area (Å²) in [4.78, 5) is 38.7. The Morgan fingerprint density at radius 2 is 1.79 bits per heavy atom. The fraction of sp³-hybridized carbons (Fsp3) is 0.111. The number of aliphatic hydroxyl groups excluding tert-OH is 1. The first-order valence-corrected chi connectivity index (χ1v) is 13.3. The number of rotatable bonds is 7. The number of benzene rings is 3. The van der Waals surface area contributed by atoms with Gasteiger partial charge in [0.15, 0.2) is 4.34 Å². The van der Waals surface area contributed by atoms with Crippen molar-refractivity contribution in [3.05, 3.63) is 117 Å². The van der Waals surface area contributed by atoms with E-state index in [0.717, 1.165) is 27.4 Å². The van der Waals surface area contributed by atoms with Crippen molar-refractivity contribution in [1.29, 1.82) is 0 Å². The number of carbonyl (C=O) groups excluding carboxylic acids is 2. The molecule has 11 heteroatoms. The molecule has 1 N–H and O–H groups in total. The molecule has 190 valence electrons. The monoisotopic (exact) mass is 544 g/mol. The number of nitro groups is 1. The maximum Gasteiger partial charge on any atom is 0.301 e. The minimum Gasteiger partial charge on any atom is -0.507 e. The highest BCUT2D eigenvalue weighted by Crippen LogP contribution is 2.44. The van der Waals surface area contributed by atoms with E-state index in [2.05, 4.69) is 10.2 Å². The van der Waals surface area contributed by atoms with Crippen LogP contribution in [0, 0.1) is 17.0 Å². The van der Waals surface area contributed by atoms with Gasteiger partial charge in [-0.25, -0.2) is 0 Å². The SMILES string of the molecule is Cc1ccc(/C(O)=C2/C(=O)C(=O)N(c3nnc(SCc4ccccc4)s3)C2c2cccc([N+](=O)[O-])c2)cc1. The molecule has 9 nitrogen and oxygen atoms in total. The number of hydrogen-bond donors (Lipinski definition) is 1. The predicted molar refractivity (Wildman–Crippen MR) is 145 cm³/mol. The molecule has 3 aromatic carbocycles. The van der Waals surface area contributed by atoms with E-state index in [1.807, 2.05) is 37.3 Å². The highest BCUT2D eigenvalue weighted by molar-refractivity contribution is 8.00. The van der Waals surface area contributed by atoms with Crippen molar-refractivity contribution >= 4 is 51.4 Å². The van der Waals surface area contributed by atoms with E-state index in [0.29, 0.717) is 21.2 Å². The van der Waals surface area contributed by atoms with Crippen molar-refractivity contribution in [3.63, 3.8) is 0 Å². The van der Waals surface area contributed by atoms with E-state index in [9.17, 15) is 24.8 Å². The molecular weight excluding hydrogens is 524 g/mol. The summed E-state index contributed by atoms with van der Waals surface area (Å²) in [5.41, 5.74) is 2.30. The van der Waals surface area contributed by atoms with Gasteiger partial charge in [-0.3, -0.25) is 24.6 Å². The van der Waals surface area contributed by atoms with Crippen LogP contribution in [0.2, 0.25) is 0 Å². The van der Waals surface area contributed by atoms with E-state index in [4.69, 9.17) is 0 Å². The number of non-ortho nitro benzene ring substituents is 1. The molecule has 1 aliphatic rings. The second-order valence-electron chi connectivity index (χ2n) is 8.51. The van der Waals surface area contributed by atoms with Crippen molar-refractivity contribution in [2.24, 2.45) is 0 Å². The Morgan fingerprint density at radius 3 is 2.50 bits per heavy atom. The van der Waals surface area contributed by atoms with E-state index in [1.54, 1.807) is 30.3 Å². The molecule has 1 aromatic heterocycles. The maximum atomic E-state index is 13.3. The molecule has 0 radical (unpaired) electrons. The van der Waals surface area contributed by atoms with Crippen LogP contribution in [0.15, 0.2) is 88.8 Å². The zero-order valence-electron chi connectivity index (χ0n) is 20.0. The van der Waals surface area contributed by atoms with Crippen molar-refractivity contribution < 1.29 is 19.6 Å². The number of carbonyl (C=O) groups is 2. The molecule has 1 atom stereocenters. The molecule has 1 unspecified atom stereocenters. The lowest BCUT2D eigenvalue weighted by atomic mass is 9.95. The average molecular weight is 545 g/mol. The lowest BCUT2D eigenvalue weighted by molar-refractivity contribution is -0.384. The van der Waals surface area contributed by atoms with Crippen LogP contribution in [-0.4, -0.2) is 31.9 Å². The number of ketones is 1. The Morgan fingerprint density at radius 1 is 1.05 bits per heavy atom. The van der Waals surface area contributed by atoms with Gasteiger partial charge in [-0.15, -0.1) is 10.2 Å². The van der Waals surface area contributed by atoms with Crippen LogP contribution < -0.4 is 4.90 Å². The van der Waals surface area contributed by atoms with E-state index < -0.39 is 22.7 Å². The Kier molecular flexibility index (Phi) is 7.03. The number of aromatic nitrogens is 2. The van der Waals surface area contributed by atoms with Crippen molar-refractivity contribution in [1.82, 2.24) is 10.2 Å². The van der Waals surface area contributed by atoms with Gasteiger partial charge < -0.3 is 5.11 Å². The molecule has 1 saturated heterocycles. The minimum absolute atomic E-state index is 0.155. The number of nitrogens with zero attached hydrogens (tertiary/aromatic N) is 4. The lowest BCUT2D eigenvalue weighted by Gasteiger charge is -2.22. The van der Waals surface area contributed by atoms with Gasteiger partial charge in [-0.05, 0) is 18.1 Å². The first-order valence-electron chi connectivity index (χ1n) is 11.5. The normalized spacial score (nSPS) is 16.7. The third kappa shape index (κ3) is 4.93. The maximum absolute atomic E-state index is 13.3. The molecule has 38 heavy (non-hydrogen) atoms. The first-order chi connectivity index (χ1) is 18.3. The minimum atomic E-state index is -1.13. The van der Waals surface area contributed by atoms with Crippen molar-refractivity contribution in [3.8, 4) is 0 Å². The van der Waals surface area contributed by atoms with Crippen LogP contribution in [0.4, 0.5) is 10.8 Å². The van der Waals surface area contributed by atoms with Gasteiger partial charge in [0.1, 0.15) is 5.76 Å². The number of amides is 1. The predicted octanol–water partition coefficient (Wildman–Crippen LogP) is 5.67. The Balaban J connectivity index is 1.58. The van der Waals surface area contributed by atoms with Gasteiger partial charge in [-0.2, -0.15) is 0 Å². The number of hydrogen-bond acceptors (Lipinski definition) is 9. The summed E-state index contributed by atoms with van der Waals surface area (Å²) in [5, 5.41) is 31.2. The standard InChI is InChI=1S/C27H20N4O5S2/c1-16-10-12-18(13-11-16)23(32)21-22(19-8-5-9-20(14-19)31(35)36)30(25(34)24(21)33)26-28-29-27(38-26)37-15-17-6-3-2-4-7-17/h2-14,22,32H,15H2,1H3/b23-21-. The summed E-state index contributed by atoms with van der Waals surface area (Å²) in [5.74, 6) is -1.54. The van der Waals surface area contributed by atoms with Gasteiger partial charge in [0.05, 0.1) is 16.5 Å². The van der Waals surface area contributed by atoms with Gasteiger partial charge in [0, 0.05) is 23.4 Å². The molecule has 0 spiro atoms. The highest BCUT2D eigenvalue weighted by atomic mass is 32.2. The Hall–Kier alpha value is -4.35. The second-order valence-corrected chi connectivity index (χ2v) is 10.7. The fourth-order valence-electron chi connectivity index (χ4n) is 4.10. The quantitative estimate of drug-likeness (QED) is 0.0599. The second kappa shape index (κ2) is 10.6. The summed E-state index contributed by atoms with van der Waals surface area (Å²) in [7, 11) is 0. The summed E-state index contributed by atoms with van der Waals surface area (Å²) >= 11 is 2.57. The summed E-state index contributed by atoms with van der Waals surface area (Å²) < 4.78 is 0.585. The van der Waals surface area contributed by atoms with Gasteiger partial charge >= 0.3 is 5.91 Å². The number of anilines is 1. The smallest absolute Gasteiger partial charge is 0.301 e. The number of nitro benzene ring substituents is 1. The molecular formula is C27H20N4O5S2. The molecule has 4 aromatic rings. The van der Waals surface area contributed by atoms with Crippen LogP contribution in [0.5, 0.6) is 0 Å². The number of Topliss-reactive ketones (excluding diaryl/α,β-unsaturated/α-hetero) is 1. The molecule has 5 rings (SSSR count). The molecule has 0 bridgehead atoms. The summed E-state index contributed by atoms with van der Waals surface area (Å²) in [6.07, 6.45) is 0. The third-order valence-electron chi connectivity index (χ3n) is 5.97. The summed E-state index contributed by atoms with van der Waals surface area (Å²) in [6, 6.07) is 21.1.